The normalized spacial score (nSPS) is 30.2. The monoisotopic (exact) mass is 284 g/mol. The Kier molecular flexibility index (Phi) is 5.33. The number of hydrogen-bond donors (Lipinski definition) is 3. The number of methoxy groups -OCH3 is 1. The standard InChI is InChI=1S/C14H20O6/c1-18-8-9-2-4-10(5-3-9)19-13-6-11(16)14(17)12(7-15)20-13/h2-5,11-17H,6-8H2,1H3/t11-,12-,13-,14-/m1/s1. The first-order valence-corrected chi connectivity index (χ1v) is 6.51. The molecule has 0 spiro atoms. The topological polar surface area (TPSA) is 88.4 Å². The van der Waals surface area contributed by atoms with E-state index >= 15 is 0 Å². The molecule has 6 nitrogen and oxygen atoms in total. The van der Waals surface area contributed by atoms with Gasteiger partial charge in [0.1, 0.15) is 18.0 Å². The molecule has 3 N–H and O–H groups in total. The first-order valence-electron chi connectivity index (χ1n) is 6.51. The van der Waals surface area contributed by atoms with Crippen molar-refractivity contribution < 1.29 is 29.5 Å². The van der Waals surface area contributed by atoms with Gasteiger partial charge in [0.15, 0.2) is 0 Å². The Balaban J connectivity index is 1.95. The van der Waals surface area contributed by atoms with Gasteiger partial charge in [0.05, 0.1) is 19.3 Å². The molecule has 20 heavy (non-hydrogen) atoms. The fraction of sp³-hybridized carbons (Fsp3) is 0.571. The van der Waals surface area contributed by atoms with Gasteiger partial charge in [-0.2, -0.15) is 0 Å². The van der Waals surface area contributed by atoms with Crippen LogP contribution in [0, 0.1) is 0 Å². The van der Waals surface area contributed by atoms with Crippen LogP contribution in [0.5, 0.6) is 5.75 Å². The lowest BCUT2D eigenvalue weighted by molar-refractivity contribution is -0.229. The molecular formula is C14H20O6. The average Bonchev–Trinajstić information content (AvgIpc) is 2.45. The molecule has 0 unspecified atom stereocenters. The zero-order valence-corrected chi connectivity index (χ0v) is 11.3. The zero-order chi connectivity index (χ0) is 14.5. The van der Waals surface area contributed by atoms with E-state index < -0.39 is 24.6 Å². The fourth-order valence-electron chi connectivity index (χ4n) is 2.13. The predicted molar refractivity (Wildman–Crippen MR) is 70.2 cm³/mol. The largest absolute Gasteiger partial charge is 0.465 e. The van der Waals surface area contributed by atoms with Gasteiger partial charge in [-0.1, -0.05) is 12.1 Å². The van der Waals surface area contributed by atoms with Crippen LogP contribution >= 0.6 is 0 Å². The molecule has 1 aromatic carbocycles. The molecule has 112 valence electrons. The molecule has 1 aromatic rings. The first-order chi connectivity index (χ1) is 9.63. The van der Waals surface area contributed by atoms with Gasteiger partial charge in [-0.15, -0.1) is 0 Å². The van der Waals surface area contributed by atoms with Gasteiger partial charge in [0.25, 0.3) is 0 Å². The summed E-state index contributed by atoms with van der Waals surface area (Å²) >= 11 is 0. The van der Waals surface area contributed by atoms with Crippen molar-refractivity contribution in [3.63, 3.8) is 0 Å². The second kappa shape index (κ2) is 7.01. The van der Waals surface area contributed by atoms with E-state index in [0.29, 0.717) is 12.4 Å². The summed E-state index contributed by atoms with van der Waals surface area (Å²) in [6.07, 6.45) is -3.45. The number of aliphatic hydroxyl groups is 3. The summed E-state index contributed by atoms with van der Waals surface area (Å²) in [6.45, 7) is 0.155. The highest BCUT2D eigenvalue weighted by molar-refractivity contribution is 5.27. The lowest BCUT2D eigenvalue weighted by atomic mass is 10.0. The van der Waals surface area contributed by atoms with Crippen molar-refractivity contribution in [2.45, 2.75) is 37.6 Å². The molecule has 0 aliphatic carbocycles. The van der Waals surface area contributed by atoms with Crippen molar-refractivity contribution in [1.82, 2.24) is 0 Å². The minimum absolute atomic E-state index is 0.150. The maximum atomic E-state index is 9.70. The molecule has 1 fully saturated rings. The van der Waals surface area contributed by atoms with Crippen LogP contribution in [-0.2, 0) is 16.1 Å². The third-order valence-corrected chi connectivity index (χ3v) is 3.22. The van der Waals surface area contributed by atoms with Crippen molar-refractivity contribution in [3.8, 4) is 5.75 Å². The van der Waals surface area contributed by atoms with E-state index in [-0.39, 0.29) is 13.0 Å². The molecule has 0 aromatic heterocycles. The number of benzene rings is 1. The molecule has 4 atom stereocenters. The van der Waals surface area contributed by atoms with Crippen molar-refractivity contribution in [3.05, 3.63) is 29.8 Å². The van der Waals surface area contributed by atoms with Gasteiger partial charge >= 0.3 is 0 Å². The fourth-order valence-corrected chi connectivity index (χ4v) is 2.13. The minimum atomic E-state index is -1.09. The molecule has 1 aliphatic heterocycles. The Labute approximate surface area is 117 Å². The van der Waals surface area contributed by atoms with Crippen molar-refractivity contribution in [2.75, 3.05) is 13.7 Å². The van der Waals surface area contributed by atoms with Crippen LogP contribution in [0.1, 0.15) is 12.0 Å². The van der Waals surface area contributed by atoms with Crippen LogP contribution in [0.2, 0.25) is 0 Å². The van der Waals surface area contributed by atoms with Crippen molar-refractivity contribution >= 4 is 0 Å². The molecule has 0 saturated carbocycles. The van der Waals surface area contributed by atoms with E-state index in [4.69, 9.17) is 19.3 Å². The van der Waals surface area contributed by atoms with Crippen LogP contribution < -0.4 is 4.74 Å². The first kappa shape index (κ1) is 15.2. The second-order valence-electron chi connectivity index (χ2n) is 4.78. The smallest absolute Gasteiger partial charge is 0.202 e. The van der Waals surface area contributed by atoms with E-state index in [1.54, 1.807) is 19.2 Å². The average molecular weight is 284 g/mol. The summed E-state index contributed by atoms with van der Waals surface area (Å²) in [5.41, 5.74) is 1.02. The number of aliphatic hydroxyl groups excluding tert-OH is 3. The third-order valence-electron chi connectivity index (χ3n) is 3.22. The number of ether oxygens (including phenoxy) is 3. The third kappa shape index (κ3) is 3.68. The van der Waals surface area contributed by atoms with Crippen molar-refractivity contribution in [1.29, 1.82) is 0 Å². The lowest BCUT2D eigenvalue weighted by Crippen LogP contribution is -2.51. The summed E-state index contributed by atoms with van der Waals surface area (Å²) in [4.78, 5) is 0. The van der Waals surface area contributed by atoms with E-state index in [2.05, 4.69) is 0 Å². The summed E-state index contributed by atoms with van der Waals surface area (Å²) in [5, 5.41) is 28.4. The van der Waals surface area contributed by atoms with E-state index in [0.717, 1.165) is 5.56 Å². The Hall–Kier alpha value is -1.18. The molecule has 1 heterocycles. The van der Waals surface area contributed by atoms with Gasteiger partial charge in [-0.3, -0.25) is 0 Å². The predicted octanol–water partition coefficient (Wildman–Crippen LogP) is 0.0409. The van der Waals surface area contributed by atoms with E-state index in [9.17, 15) is 10.2 Å². The van der Waals surface area contributed by atoms with Crippen LogP contribution in [0.4, 0.5) is 0 Å². The van der Waals surface area contributed by atoms with Gasteiger partial charge in [0, 0.05) is 13.5 Å². The van der Waals surface area contributed by atoms with Gasteiger partial charge in [-0.25, -0.2) is 0 Å². The maximum absolute atomic E-state index is 9.70. The van der Waals surface area contributed by atoms with E-state index in [1.807, 2.05) is 12.1 Å². The number of rotatable bonds is 5. The maximum Gasteiger partial charge on any atom is 0.202 e. The Morgan fingerprint density at radius 3 is 2.55 bits per heavy atom. The van der Waals surface area contributed by atoms with E-state index in [1.165, 1.54) is 0 Å². The highest BCUT2D eigenvalue weighted by Gasteiger charge is 2.37. The van der Waals surface area contributed by atoms with Gasteiger partial charge < -0.3 is 29.5 Å². The minimum Gasteiger partial charge on any atom is -0.465 e. The van der Waals surface area contributed by atoms with Crippen molar-refractivity contribution in [2.24, 2.45) is 0 Å². The van der Waals surface area contributed by atoms with Gasteiger partial charge in [-0.05, 0) is 17.7 Å². The molecule has 6 heteroatoms. The molecule has 1 aliphatic rings. The summed E-state index contributed by atoms with van der Waals surface area (Å²) in [6, 6.07) is 7.30. The second-order valence-corrected chi connectivity index (χ2v) is 4.78. The molecule has 0 radical (unpaired) electrons. The number of hydrogen-bond acceptors (Lipinski definition) is 6. The van der Waals surface area contributed by atoms with Crippen LogP contribution in [0.3, 0.4) is 0 Å². The van der Waals surface area contributed by atoms with Crippen LogP contribution in [-0.4, -0.2) is 53.6 Å². The Morgan fingerprint density at radius 1 is 1.25 bits per heavy atom. The quantitative estimate of drug-likeness (QED) is 0.707. The molecule has 1 saturated heterocycles. The zero-order valence-electron chi connectivity index (χ0n) is 11.3. The van der Waals surface area contributed by atoms with Crippen LogP contribution in [0.15, 0.2) is 24.3 Å². The molecule has 0 bridgehead atoms. The SMILES string of the molecule is COCc1ccc(O[C@H]2C[C@@H](O)[C@@H](O)[C@@H](CO)O2)cc1. The molecule has 2 rings (SSSR count). The Morgan fingerprint density at radius 2 is 1.95 bits per heavy atom. The molecule has 0 amide bonds. The summed E-state index contributed by atoms with van der Waals surface area (Å²) in [5.74, 6) is 0.593. The summed E-state index contributed by atoms with van der Waals surface area (Å²) < 4.78 is 16.0. The van der Waals surface area contributed by atoms with Crippen LogP contribution in [0.25, 0.3) is 0 Å². The lowest BCUT2D eigenvalue weighted by Gasteiger charge is -2.36. The summed E-state index contributed by atoms with van der Waals surface area (Å²) in [7, 11) is 1.63. The molecular weight excluding hydrogens is 264 g/mol. The van der Waals surface area contributed by atoms with Gasteiger partial charge in [0.2, 0.25) is 6.29 Å². The highest BCUT2D eigenvalue weighted by Crippen LogP contribution is 2.23. The highest BCUT2D eigenvalue weighted by atomic mass is 16.7. The Bertz CT molecular complexity index is 407.